The number of hydrogen-bond acceptors (Lipinski definition) is 4. The molecule has 5 aromatic rings. The third-order valence-electron chi connectivity index (χ3n) is 7.56. The fraction of sp³-hybridized carbons (Fsp3) is 0.167. The summed E-state index contributed by atoms with van der Waals surface area (Å²) in [5.41, 5.74) is 8.52. The zero-order valence-corrected chi connectivity index (χ0v) is 23.1. The van der Waals surface area contributed by atoms with E-state index in [2.05, 4.69) is 72.8 Å². The summed E-state index contributed by atoms with van der Waals surface area (Å²) in [5, 5.41) is 2.37. The lowest BCUT2D eigenvalue weighted by Gasteiger charge is -2.19. The Morgan fingerprint density at radius 2 is 1.32 bits per heavy atom. The molecule has 0 amide bonds. The van der Waals surface area contributed by atoms with Gasteiger partial charge in [-0.3, -0.25) is 0 Å². The molecule has 0 radical (unpaired) electrons. The number of fused-ring (bicyclic) bond motifs is 2. The van der Waals surface area contributed by atoms with Crippen molar-refractivity contribution in [1.29, 1.82) is 0 Å². The molecular weight excluding hydrogens is 496 g/mol. The molecule has 0 heterocycles. The van der Waals surface area contributed by atoms with Crippen LogP contribution in [-0.4, -0.2) is 21.3 Å². The minimum absolute atomic E-state index is 0.503. The van der Waals surface area contributed by atoms with Gasteiger partial charge in [0.25, 0.3) is 0 Å². The normalized spacial score (nSPS) is 12.4. The van der Waals surface area contributed by atoms with Crippen molar-refractivity contribution in [2.24, 2.45) is 0 Å². The maximum Gasteiger partial charge on any atom is 0.203 e. The van der Waals surface area contributed by atoms with Crippen LogP contribution in [0, 0.1) is 0 Å². The Hall–Kier alpha value is -4.70. The highest BCUT2D eigenvalue weighted by Crippen LogP contribution is 2.46. The summed E-state index contributed by atoms with van der Waals surface area (Å²) >= 11 is 0. The minimum Gasteiger partial charge on any atom is -0.493 e. The molecule has 0 bridgehead atoms. The first-order chi connectivity index (χ1) is 19.7. The van der Waals surface area contributed by atoms with Gasteiger partial charge < -0.3 is 18.9 Å². The molecule has 0 fully saturated rings. The molecule has 0 aliphatic heterocycles. The van der Waals surface area contributed by atoms with Gasteiger partial charge in [-0.15, -0.1) is 0 Å². The lowest BCUT2D eigenvalue weighted by atomic mass is 9.90. The van der Waals surface area contributed by atoms with Crippen molar-refractivity contribution in [1.82, 2.24) is 0 Å². The summed E-state index contributed by atoms with van der Waals surface area (Å²) in [6.07, 6.45) is 1.60. The Morgan fingerprint density at radius 3 is 2.08 bits per heavy atom. The van der Waals surface area contributed by atoms with E-state index < -0.39 is 0 Å². The van der Waals surface area contributed by atoms with Gasteiger partial charge in [-0.1, -0.05) is 90.5 Å². The van der Waals surface area contributed by atoms with E-state index in [-0.39, 0.29) is 0 Å². The predicted octanol–water partition coefficient (Wildman–Crippen LogP) is 8.05. The maximum atomic E-state index is 6.57. The number of benzene rings is 5. The number of rotatable bonds is 9. The zero-order chi connectivity index (χ0) is 27.5. The first-order valence-corrected chi connectivity index (χ1v) is 13.5. The minimum atomic E-state index is 0.503. The zero-order valence-electron chi connectivity index (χ0n) is 23.1. The molecule has 4 heteroatoms. The first kappa shape index (κ1) is 25.6. The lowest BCUT2D eigenvalue weighted by Crippen LogP contribution is -2.02. The molecular formula is C36H32O4. The molecule has 0 aromatic heterocycles. The lowest BCUT2D eigenvalue weighted by molar-refractivity contribution is 0.306. The largest absolute Gasteiger partial charge is 0.493 e. The fourth-order valence-electron chi connectivity index (χ4n) is 5.74. The summed E-state index contributed by atoms with van der Waals surface area (Å²) in [4.78, 5) is 0. The molecule has 5 aromatic carbocycles. The van der Waals surface area contributed by atoms with Gasteiger partial charge in [0.15, 0.2) is 11.5 Å². The molecule has 1 aliphatic carbocycles. The molecule has 0 unspecified atom stereocenters. The van der Waals surface area contributed by atoms with Crippen LogP contribution < -0.4 is 18.9 Å². The van der Waals surface area contributed by atoms with Crippen LogP contribution in [0.1, 0.15) is 27.8 Å². The van der Waals surface area contributed by atoms with Crippen molar-refractivity contribution >= 4 is 16.3 Å². The summed E-state index contributed by atoms with van der Waals surface area (Å²) in [6.45, 7) is 0.503. The van der Waals surface area contributed by atoms with Crippen molar-refractivity contribution in [2.75, 3.05) is 21.3 Å². The highest BCUT2D eigenvalue weighted by atomic mass is 16.5. The number of methoxy groups -OCH3 is 3. The van der Waals surface area contributed by atoms with Crippen molar-refractivity contribution in [3.63, 3.8) is 0 Å². The molecule has 40 heavy (non-hydrogen) atoms. The number of ether oxygens (including phenoxy) is 4. The smallest absolute Gasteiger partial charge is 0.203 e. The quantitative estimate of drug-likeness (QED) is 0.194. The Kier molecular flexibility index (Phi) is 7.15. The Bertz CT molecular complexity index is 1680. The molecule has 200 valence electrons. The molecule has 0 saturated carbocycles. The van der Waals surface area contributed by atoms with Gasteiger partial charge in [0.1, 0.15) is 12.4 Å². The van der Waals surface area contributed by atoms with Crippen LogP contribution in [-0.2, 0) is 19.4 Å². The van der Waals surface area contributed by atoms with E-state index in [1.54, 1.807) is 21.3 Å². The van der Waals surface area contributed by atoms with Gasteiger partial charge in [0.05, 0.1) is 21.3 Å². The van der Waals surface area contributed by atoms with E-state index in [1.165, 1.54) is 33.0 Å². The van der Waals surface area contributed by atoms with Gasteiger partial charge in [0.2, 0.25) is 5.75 Å². The van der Waals surface area contributed by atoms with Gasteiger partial charge in [-0.2, -0.15) is 0 Å². The second-order valence-electron chi connectivity index (χ2n) is 9.96. The van der Waals surface area contributed by atoms with Crippen LogP contribution in [0.2, 0.25) is 0 Å². The van der Waals surface area contributed by atoms with Gasteiger partial charge >= 0.3 is 0 Å². The molecule has 0 atom stereocenters. The van der Waals surface area contributed by atoms with Crippen molar-refractivity contribution < 1.29 is 18.9 Å². The van der Waals surface area contributed by atoms with Crippen LogP contribution in [0.5, 0.6) is 23.0 Å². The molecule has 0 N–H and O–H groups in total. The van der Waals surface area contributed by atoms with Crippen LogP contribution in [0.15, 0.2) is 109 Å². The van der Waals surface area contributed by atoms with Crippen molar-refractivity contribution in [3.8, 4) is 23.0 Å². The van der Waals surface area contributed by atoms with E-state index in [9.17, 15) is 0 Å². The second kappa shape index (κ2) is 11.2. The summed E-state index contributed by atoms with van der Waals surface area (Å²) < 4.78 is 23.5. The Balaban J connectivity index is 1.52. The molecule has 1 aliphatic rings. The molecule has 6 rings (SSSR count). The topological polar surface area (TPSA) is 36.9 Å². The summed E-state index contributed by atoms with van der Waals surface area (Å²) in [5.74, 6) is 2.80. The Labute approximate surface area is 235 Å². The van der Waals surface area contributed by atoms with Gasteiger partial charge in [-0.05, 0) is 69.6 Å². The maximum absolute atomic E-state index is 6.57. The average Bonchev–Trinajstić information content (AvgIpc) is 3.36. The highest BCUT2D eigenvalue weighted by Gasteiger charge is 2.27. The first-order valence-electron chi connectivity index (χ1n) is 13.5. The standard InChI is InChI=1S/C36H32O4/c1-37-32-20-25(21-33(38-2)36(32)39-3)19-28-22-27-14-8-10-16-30(27)34(28)35-29-15-9-7-13-26(29)17-18-31(35)40-23-24-11-5-4-6-12-24/h4-18,20-21H,19,22-23H2,1-3H3. The molecule has 0 spiro atoms. The van der Waals surface area contributed by atoms with E-state index >= 15 is 0 Å². The van der Waals surface area contributed by atoms with Crippen LogP contribution in [0.3, 0.4) is 0 Å². The average molecular weight is 529 g/mol. The third-order valence-corrected chi connectivity index (χ3v) is 7.56. The predicted molar refractivity (Wildman–Crippen MR) is 161 cm³/mol. The summed E-state index contributed by atoms with van der Waals surface area (Å²) in [7, 11) is 4.94. The van der Waals surface area contributed by atoms with Gasteiger partial charge in [-0.25, -0.2) is 0 Å². The monoisotopic (exact) mass is 528 g/mol. The van der Waals surface area contributed by atoms with Crippen LogP contribution >= 0.6 is 0 Å². The second-order valence-corrected chi connectivity index (χ2v) is 9.96. The van der Waals surface area contributed by atoms with Crippen molar-refractivity contribution in [2.45, 2.75) is 19.4 Å². The highest BCUT2D eigenvalue weighted by molar-refractivity contribution is 6.03. The number of allylic oxidation sites excluding steroid dienone is 1. The summed E-state index contributed by atoms with van der Waals surface area (Å²) in [6, 6.07) is 35.9. The SMILES string of the molecule is COc1cc(CC2=C(c3c(OCc4ccccc4)ccc4ccccc34)c3ccccc3C2)cc(OC)c1OC. The van der Waals surface area contributed by atoms with E-state index in [1.807, 2.05) is 30.3 Å². The van der Waals surface area contributed by atoms with E-state index in [4.69, 9.17) is 18.9 Å². The Morgan fingerprint density at radius 1 is 0.625 bits per heavy atom. The molecule has 0 saturated heterocycles. The number of hydrogen-bond donors (Lipinski definition) is 0. The fourth-order valence-corrected chi connectivity index (χ4v) is 5.74. The van der Waals surface area contributed by atoms with Crippen LogP contribution in [0.25, 0.3) is 16.3 Å². The van der Waals surface area contributed by atoms with Gasteiger partial charge in [0, 0.05) is 5.56 Å². The van der Waals surface area contributed by atoms with E-state index in [0.717, 1.165) is 35.3 Å². The van der Waals surface area contributed by atoms with Crippen molar-refractivity contribution in [3.05, 3.63) is 137 Å². The van der Waals surface area contributed by atoms with E-state index in [0.29, 0.717) is 23.9 Å². The van der Waals surface area contributed by atoms with Crippen LogP contribution in [0.4, 0.5) is 0 Å². The molecule has 4 nitrogen and oxygen atoms in total. The third kappa shape index (κ3) is 4.77.